The van der Waals surface area contributed by atoms with E-state index in [1.165, 1.54) is 19.2 Å². The molecule has 0 aliphatic rings. The van der Waals surface area contributed by atoms with Crippen LogP contribution in [0.1, 0.15) is 29.8 Å². The maximum atomic E-state index is 12.2. The van der Waals surface area contributed by atoms with Gasteiger partial charge < -0.3 is 5.32 Å². The van der Waals surface area contributed by atoms with Crippen LogP contribution in [-0.2, 0) is 6.18 Å². The van der Waals surface area contributed by atoms with Crippen LogP contribution in [0.25, 0.3) is 0 Å². The van der Waals surface area contributed by atoms with E-state index in [-0.39, 0.29) is 5.56 Å². The smallest absolute Gasteiger partial charge is 0.355 e. The highest BCUT2D eigenvalue weighted by Gasteiger charge is 2.30. The van der Waals surface area contributed by atoms with Crippen LogP contribution in [0.2, 0.25) is 0 Å². The second-order valence-electron chi connectivity index (χ2n) is 2.66. The van der Waals surface area contributed by atoms with Crippen molar-refractivity contribution in [1.82, 2.24) is 5.32 Å². The summed E-state index contributed by atoms with van der Waals surface area (Å²) in [4.78, 5) is 11.0. The summed E-state index contributed by atoms with van der Waals surface area (Å²) < 4.78 is 36.6. The number of carbonyl (C=O) groups is 1. The molecule has 0 fully saturated rings. The number of benzene rings is 1. The molecule has 0 aromatic heterocycles. The van der Waals surface area contributed by atoms with Gasteiger partial charge in [0.15, 0.2) is 0 Å². The van der Waals surface area contributed by atoms with Crippen LogP contribution in [0.5, 0.6) is 0 Å². The fourth-order valence-corrected chi connectivity index (χ4v) is 0.981. The van der Waals surface area contributed by atoms with Crippen molar-refractivity contribution >= 4 is 5.91 Å². The molecule has 1 rings (SSSR count). The molecule has 16 heavy (non-hydrogen) atoms. The number of amides is 1. The van der Waals surface area contributed by atoms with Gasteiger partial charge in [0, 0.05) is 12.6 Å². The molecule has 0 bridgehead atoms. The van der Waals surface area contributed by atoms with Crippen molar-refractivity contribution in [2.75, 3.05) is 7.05 Å². The van der Waals surface area contributed by atoms with Crippen molar-refractivity contribution in [3.63, 3.8) is 0 Å². The van der Waals surface area contributed by atoms with E-state index in [9.17, 15) is 18.0 Å². The molecular formula is C11H14F3NO. The van der Waals surface area contributed by atoms with Crippen LogP contribution in [0, 0.1) is 0 Å². The zero-order valence-corrected chi connectivity index (χ0v) is 9.35. The summed E-state index contributed by atoms with van der Waals surface area (Å²) in [5.41, 5.74) is -0.819. The van der Waals surface area contributed by atoms with Crippen LogP contribution >= 0.6 is 0 Å². The second-order valence-corrected chi connectivity index (χ2v) is 2.66. The monoisotopic (exact) mass is 233 g/mol. The Bertz CT molecular complexity index is 347. The van der Waals surface area contributed by atoms with E-state index < -0.39 is 17.6 Å². The summed E-state index contributed by atoms with van der Waals surface area (Å²) in [6, 6.07) is 4.27. The SMILES string of the molecule is CC.CNC(=O)c1cccc(C(F)(F)F)c1. The molecule has 2 nitrogen and oxygen atoms in total. The first-order valence-electron chi connectivity index (χ1n) is 4.84. The molecule has 1 amide bonds. The van der Waals surface area contributed by atoms with Crippen molar-refractivity contribution in [2.45, 2.75) is 20.0 Å². The number of carbonyl (C=O) groups excluding carboxylic acids is 1. The molecule has 0 atom stereocenters. The molecule has 1 aromatic carbocycles. The Kier molecular flexibility index (Phi) is 5.56. The minimum atomic E-state index is -4.41. The predicted molar refractivity (Wildman–Crippen MR) is 56.2 cm³/mol. The third-order valence-electron chi connectivity index (χ3n) is 1.68. The first-order valence-corrected chi connectivity index (χ1v) is 4.84. The van der Waals surface area contributed by atoms with Crippen molar-refractivity contribution in [2.24, 2.45) is 0 Å². The summed E-state index contributed by atoms with van der Waals surface area (Å²) in [7, 11) is 1.36. The molecular weight excluding hydrogens is 219 g/mol. The van der Waals surface area contributed by atoms with Gasteiger partial charge in [0.25, 0.3) is 5.91 Å². The van der Waals surface area contributed by atoms with Gasteiger partial charge in [-0.25, -0.2) is 0 Å². The third-order valence-corrected chi connectivity index (χ3v) is 1.68. The lowest BCUT2D eigenvalue weighted by atomic mass is 10.1. The molecule has 1 aromatic rings. The van der Waals surface area contributed by atoms with Crippen LogP contribution in [0.4, 0.5) is 13.2 Å². The summed E-state index contributed by atoms with van der Waals surface area (Å²) in [5, 5.41) is 2.25. The maximum absolute atomic E-state index is 12.2. The molecule has 0 spiro atoms. The Labute approximate surface area is 92.5 Å². The average Bonchev–Trinajstić information content (AvgIpc) is 2.30. The van der Waals surface area contributed by atoms with Gasteiger partial charge in [0.2, 0.25) is 0 Å². The van der Waals surface area contributed by atoms with Crippen LogP contribution < -0.4 is 5.32 Å². The lowest BCUT2D eigenvalue weighted by Gasteiger charge is -2.07. The maximum Gasteiger partial charge on any atom is 0.416 e. The third kappa shape index (κ3) is 3.92. The van der Waals surface area contributed by atoms with Crippen molar-refractivity contribution < 1.29 is 18.0 Å². The van der Waals surface area contributed by atoms with Gasteiger partial charge in [-0.2, -0.15) is 13.2 Å². The fraction of sp³-hybridized carbons (Fsp3) is 0.364. The van der Waals surface area contributed by atoms with E-state index in [0.29, 0.717) is 0 Å². The Morgan fingerprint density at radius 3 is 2.25 bits per heavy atom. The zero-order valence-electron chi connectivity index (χ0n) is 9.35. The lowest BCUT2D eigenvalue weighted by molar-refractivity contribution is -0.137. The molecule has 0 radical (unpaired) electrons. The largest absolute Gasteiger partial charge is 0.416 e. The van der Waals surface area contributed by atoms with Gasteiger partial charge in [-0.3, -0.25) is 4.79 Å². The Hall–Kier alpha value is -1.52. The van der Waals surface area contributed by atoms with E-state index in [0.717, 1.165) is 12.1 Å². The zero-order chi connectivity index (χ0) is 12.8. The Balaban J connectivity index is 0.00000106. The van der Waals surface area contributed by atoms with Crippen LogP contribution in [0.3, 0.4) is 0 Å². The number of alkyl halides is 3. The summed E-state index contributed by atoms with van der Waals surface area (Å²) in [6.07, 6.45) is -4.41. The van der Waals surface area contributed by atoms with Gasteiger partial charge in [-0.05, 0) is 18.2 Å². The van der Waals surface area contributed by atoms with Crippen molar-refractivity contribution in [3.8, 4) is 0 Å². The van der Waals surface area contributed by atoms with E-state index in [4.69, 9.17) is 0 Å². The van der Waals surface area contributed by atoms with Gasteiger partial charge in [0.05, 0.1) is 5.56 Å². The number of hydrogen-bond donors (Lipinski definition) is 1. The van der Waals surface area contributed by atoms with Crippen LogP contribution in [0.15, 0.2) is 24.3 Å². The average molecular weight is 233 g/mol. The highest BCUT2D eigenvalue weighted by molar-refractivity contribution is 5.94. The normalized spacial score (nSPS) is 10.1. The highest BCUT2D eigenvalue weighted by atomic mass is 19.4. The van der Waals surface area contributed by atoms with E-state index in [2.05, 4.69) is 5.32 Å². The molecule has 90 valence electrons. The van der Waals surface area contributed by atoms with E-state index in [1.54, 1.807) is 0 Å². The molecule has 0 heterocycles. The lowest BCUT2D eigenvalue weighted by Crippen LogP contribution is -2.18. The second kappa shape index (κ2) is 6.15. The highest BCUT2D eigenvalue weighted by Crippen LogP contribution is 2.29. The van der Waals surface area contributed by atoms with Gasteiger partial charge >= 0.3 is 6.18 Å². The molecule has 0 saturated carbocycles. The molecule has 0 saturated heterocycles. The summed E-state index contributed by atoms with van der Waals surface area (Å²) in [6.45, 7) is 4.00. The molecule has 0 aliphatic carbocycles. The number of nitrogens with one attached hydrogen (secondary N) is 1. The van der Waals surface area contributed by atoms with Gasteiger partial charge in [-0.15, -0.1) is 0 Å². The topological polar surface area (TPSA) is 29.1 Å². The van der Waals surface area contributed by atoms with Gasteiger partial charge in [0.1, 0.15) is 0 Å². The summed E-state index contributed by atoms with van der Waals surface area (Å²) in [5.74, 6) is -0.531. The number of halogens is 3. The van der Waals surface area contributed by atoms with Crippen molar-refractivity contribution in [3.05, 3.63) is 35.4 Å². The fourth-order valence-electron chi connectivity index (χ4n) is 0.981. The first kappa shape index (κ1) is 14.5. The summed E-state index contributed by atoms with van der Waals surface area (Å²) >= 11 is 0. The minimum Gasteiger partial charge on any atom is -0.355 e. The van der Waals surface area contributed by atoms with Gasteiger partial charge in [-0.1, -0.05) is 19.9 Å². The van der Waals surface area contributed by atoms with E-state index in [1.807, 2.05) is 13.8 Å². The number of rotatable bonds is 1. The molecule has 0 unspecified atom stereocenters. The molecule has 5 heteroatoms. The first-order chi connectivity index (χ1) is 7.45. The Morgan fingerprint density at radius 1 is 1.25 bits per heavy atom. The molecule has 0 aliphatic heterocycles. The quantitative estimate of drug-likeness (QED) is 0.793. The van der Waals surface area contributed by atoms with E-state index >= 15 is 0 Å². The Morgan fingerprint density at radius 2 is 1.81 bits per heavy atom. The van der Waals surface area contributed by atoms with Crippen molar-refractivity contribution in [1.29, 1.82) is 0 Å². The minimum absolute atomic E-state index is 0.00215. The number of hydrogen-bond acceptors (Lipinski definition) is 1. The van der Waals surface area contributed by atoms with Crippen LogP contribution in [-0.4, -0.2) is 13.0 Å². The molecule has 1 N–H and O–H groups in total. The standard InChI is InChI=1S/C9H8F3NO.C2H6/c1-13-8(14)6-3-2-4-7(5-6)9(10,11)12;1-2/h2-5H,1H3,(H,13,14);1-2H3. The predicted octanol–water partition coefficient (Wildman–Crippen LogP) is 3.09.